The Kier molecular flexibility index (Phi) is 5.67. The Morgan fingerprint density at radius 1 is 1.42 bits per heavy atom. The predicted molar refractivity (Wildman–Crippen MR) is 77.7 cm³/mol. The number of ether oxygens (including phenoxy) is 2. The van der Waals surface area contributed by atoms with Crippen LogP contribution in [-0.4, -0.2) is 45.4 Å². The summed E-state index contributed by atoms with van der Waals surface area (Å²) in [6, 6.07) is 8.36. The van der Waals surface area contributed by atoms with Crippen LogP contribution in [0.15, 0.2) is 24.3 Å². The van der Waals surface area contributed by atoms with Crippen molar-refractivity contribution in [1.29, 1.82) is 0 Å². The molecule has 1 saturated heterocycles. The first-order chi connectivity index (χ1) is 9.28. The van der Waals surface area contributed by atoms with Crippen LogP contribution in [0.3, 0.4) is 0 Å². The molecule has 1 heterocycles. The van der Waals surface area contributed by atoms with Gasteiger partial charge in [0, 0.05) is 13.2 Å². The maximum absolute atomic E-state index is 5.42. The molecule has 2 rings (SSSR count). The Hall–Kier alpha value is -1.06. The average molecular weight is 263 g/mol. The highest BCUT2D eigenvalue weighted by Crippen LogP contribution is 2.15. The fourth-order valence-electron chi connectivity index (χ4n) is 2.64. The van der Waals surface area contributed by atoms with Gasteiger partial charge in [0.1, 0.15) is 5.75 Å². The number of hydrogen-bond acceptors (Lipinski definition) is 3. The summed E-state index contributed by atoms with van der Waals surface area (Å²) < 4.78 is 10.7. The minimum atomic E-state index is 0.738. The summed E-state index contributed by atoms with van der Waals surface area (Å²) in [6.07, 6.45) is 3.53. The van der Waals surface area contributed by atoms with Gasteiger partial charge < -0.3 is 14.4 Å². The van der Waals surface area contributed by atoms with Crippen molar-refractivity contribution in [3.05, 3.63) is 29.8 Å². The molecular formula is C16H25NO2. The molecule has 0 bridgehead atoms. The third-order valence-electron chi connectivity index (χ3n) is 3.73. The smallest absolute Gasteiger partial charge is 0.119 e. The molecule has 0 N–H and O–H groups in total. The molecule has 0 amide bonds. The highest BCUT2D eigenvalue weighted by Gasteiger charge is 2.16. The van der Waals surface area contributed by atoms with Gasteiger partial charge in [0.2, 0.25) is 0 Å². The van der Waals surface area contributed by atoms with E-state index >= 15 is 0 Å². The molecule has 1 fully saturated rings. The summed E-state index contributed by atoms with van der Waals surface area (Å²) >= 11 is 0. The third kappa shape index (κ3) is 4.84. The molecule has 1 atom stereocenters. The fraction of sp³-hybridized carbons (Fsp3) is 0.625. The van der Waals surface area contributed by atoms with Crippen molar-refractivity contribution >= 4 is 0 Å². The van der Waals surface area contributed by atoms with Crippen LogP contribution in [0.4, 0.5) is 0 Å². The third-order valence-corrected chi connectivity index (χ3v) is 3.73. The van der Waals surface area contributed by atoms with Gasteiger partial charge in [0.25, 0.3) is 0 Å². The summed E-state index contributed by atoms with van der Waals surface area (Å²) in [5.41, 5.74) is 1.36. The zero-order valence-electron chi connectivity index (χ0n) is 12.1. The monoisotopic (exact) mass is 263 g/mol. The molecule has 0 radical (unpaired) electrons. The lowest BCUT2D eigenvalue weighted by molar-refractivity contribution is 0.173. The van der Waals surface area contributed by atoms with Gasteiger partial charge in [-0.15, -0.1) is 0 Å². The zero-order valence-corrected chi connectivity index (χ0v) is 12.1. The van der Waals surface area contributed by atoms with Crippen LogP contribution in [0, 0.1) is 5.92 Å². The second-order valence-corrected chi connectivity index (χ2v) is 5.45. The lowest BCUT2D eigenvalue weighted by atomic mass is 10.1. The Morgan fingerprint density at radius 2 is 2.32 bits per heavy atom. The minimum absolute atomic E-state index is 0.738. The van der Waals surface area contributed by atoms with Gasteiger partial charge in [-0.1, -0.05) is 12.1 Å². The maximum atomic E-state index is 5.42. The summed E-state index contributed by atoms with van der Waals surface area (Å²) in [6.45, 7) is 4.20. The Labute approximate surface area is 116 Å². The van der Waals surface area contributed by atoms with Gasteiger partial charge in [-0.05, 0) is 56.5 Å². The largest absolute Gasteiger partial charge is 0.497 e. The first kappa shape index (κ1) is 14.4. The van der Waals surface area contributed by atoms with Crippen LogP contribution in [-0.2, 0) is 11.2 Å². The van der Waals surface area contributed by atoms with Crippen molar-refractivity contribution in [3.63, 3.8) is 0 Å². The van der Waals surface area contributed by atoms with Crippen LogP contribution in [0.25, 0.3) is 0 Å². The number of benzene rings is 1. The SMILES string of the molecule is COc1cccc(CCCN(C)CC2CCOC2)c1. The molecule has 0 aliphatic carbocycles. The number of methoxy groups -OCH3 is 1. The Bertz CT molecular complexity index is 375. The quantitative estimate of drug-likeness (QED) is 0.755. The highest BCUT2D eigenvalue weighted by atomic mass is 16.5. The van der Waals surface area contributed by atoms with Crippen molar-refractivity contribution in [2.45, 2.75) is 19.3 Å². The van der Waals surface area contributed by atoms with Crippen molar-refractivity contribution in [2.75, 3.05) is 40.5 Å². The van der Waals surface area contributed by atoms with E-state index in [0.717, 1.165) is 44.4 Å². The van der Waals surface area contributed by atoms with Crippen LogP contribution in [0.2, 0.25) is 0 Å². The summed E-state index contributed by atoms with van der Waals surface area (Å²) in [5.74, 6) is 1.69. The van der Waals surface area contributed by atoms with E-state index in [9.17, 15) is 0 Å². The lowest BCUT2D eigenvalue weighted by Crippen LogP contribution is -2.27. The van der Waals surface area contributed by atoms with Crippen molar-refractivity contribution in [3.8, 4) is 5.75 Å². The second-order valence-electron chi connectivity index (χ2n) is 5.45. The molecule has 0 aromatic heterocycles. The summed E-state index contributed by atoms with van der Waals surface area (Å²) in [4.78, 5) is 2.43. The molecule has 1 aromatic rings. The lowest BCUT2D eigenvalue weighted by Gasteiger charge is -2.19. The highest BCUT2D eigenvalue weighted by molar-refractivity contribution is 5.28. The molecule has 106 valence electrons. The first-order valence-corrected chi connectivity index (χ1v) is 7.17. The van der Waals surface area contributed by atoms with Gasteiger partial charge in [0.05, 0.1) is 13.7 Å². The molecule has 1 aliphatic rings. The predicted octanol–water partition coefficient (Wildman–Crippen LogP) is 2.60. The van der Waals surface area contributed by atoms with Crippen LogP contribution in [0.1, 0.15) is 18.4 Å². The number of rotatable bonds is 7. The number of nitrogens with zero attached hydrogens (tertiary/aromatic N) is 1. The van der Waals surface area contributed by atoms with E-state index in [2.05, 4.69) is 30.1 Å². The van der Waals surface area contributed by atoms with Crippen molar-refractivity contribution in [2.24, 2.45) is 5.92 Å². The van der Waals surface area contributed by atoms with Gasteiger partial charge in [-0.2, -0.15) is 0 Å². The van der Waals surface area contributed by atoms with E-state index < -0.39 is 0 Å². The molecule has 3 heteroatoms. The van der Waals surface area contributed by atoms with Crippen molar-refractivity contribution < 1.29 is 9.47 Å². The molecule has 1 aromatic carbocycles. The topological polar surface area (TPSA) is 21.7 Å². The average Bonchev–Trinajstić information content (AvgIpc) is 2.92. The summed E-state index contributed by atoms with van der Waals surface area (Å²) in [7, 11) is 3.93. The Balaban J connectivity index is 1.67. The van der Waals surface area contributed by atoms with E-state index in [4.69, 9.17) is 9.47 Å². The maximum Gasteiger partial charge on any atom is 0.119 e. The van der Waals surface area contributed by atoms with Crippen LogP contribution < -0.4 is 4.74 Å². The number of aryl methyl sites for hydroxylation is 1. The minimum Gasteiger partial charge on any atom is -0.497 e. The van der Waals surface area contributed by atoms with Crippen LogP contribution >= 0.6 is 0 Å². The van der Waals surface area contributed by atoms with Gasteiger partial charge in [-0.25, -0.2) is 0 Å². The molecule has 3 nitrogen and oxygen atoms in total. The standard InChI is InChI=1S/C16H25NO2/c1-17(12-15-8-10-19-13-15)9-4-6-14-5-3-7-16(11-14)18-2/h3,5,7,11,15H,4,6,8-10,12-13H2,1-2H3. The molecule has 1 unspecified atom stereocenters. The van der Waals surface area contributed by atoms with E-state index in [1.807, 2.05) is 6.07 Å². The molecule has 0 saturated carbocycles. The molecule has 1 aliphatic heterocycles. The zero-order chi connectivity index (χ0) is 13.5. The summed E-state index contributed by atoms with van der Waals surface area (Å²) in [5, 5.41) is 0. The van der Waals surface area contributed by atoms with Gasteiger partial charge in [-0.3, -0.25) is 0 Å². The van der Waals surface area contributed by atoms with Gasteiger partial charge in [0.15, 0.2) is 0 Å². The molecular weight excluding hydrogens is 238 g/mol. The van der Waals surface area contributed by atoms with Gasteiger partial charge >= 0.3 is 0 Å². The van der Waals surface area contributed by atoms with Crippen LogP contribution in [0.5, 0.6) is 5.75 Å². The number of hydrogen-bond donors (Lipinski definition) is 0. The fourth-order valence-corrected chi connectivity index (χ4v) is 2.64. The Morgan fingerprint density at radius 3 is 3.05 bits per heavy atom. The first-order valence-electron chi connectivity index (χ1n) is 7.17. The van der Waals surface area contributed by atoms with E-state index in [1.165, 1.54) is 18.4 Å². The van der Waals surface area contributed by atoms with Crippen molar-refractivity contribution in [1.82, 2.24) is 4.90 Å². The second kappa shape index (κ2) is 7.51. The normalized spacial score (nSPS) is 19.0. The van der Waals surface area contributed by atoms with E-state index in [0.29, 0.717) is 0 Å². The van der Waals surface area contributed by atoms with E-state index in [-0.39, 0.29) is 0 Å². The molecule has 0 spiro atoms. The molecule has 19 heavy (non-hydrogen) atoms. The van der Waals surface area contributed by atoms with E-state index in [1.54, 1.807) is 7.11 Å².